The van der Waals surface area contributed by atoms with Crippen molar-refractivity contribution in [2.45, 2.75) is 6.18 Å². The summed E-state index contributed by atoms with van der Waals surface area (Å²) in [6.45, 7) is 0.945. The lowest BCUT2D eigenvalue weighted by atomic mass is 10.1. The van der Waals surface area contributed by atoms with E-state index in [1.165, 1.54) is 25.3 Å². The summed E-state index contributed by atoms with van der Waals surface area (Å²) in [5, 5.41) is 2.49. The van der Waals surface area contributed by atoms with Gasteiger partial charge in [0.05, 0.1) is 48.0 Å². The molecule has 1 fully saturated rings. The second kappa shape index (κ2) is 10.2. The van der Waals surface area contributed by atoms with Gasteiger partial charge < -0.3 is 30.2 Å². The quantitative estimate of drug-likeness (QED) is 0.474. The van der Waals surface area contributed by atoms with Gasteiger partial charge >= 0.3 is 12.1 Å². The number of amides is 1. The third kappa shape index (κ3) is 5.99. The summed E-state index contributed by atoms with van der Waals surface area (Å²) in [6, 6.07) is 5.64. The fraction of sp³-hybridized carbons (Fsp3) is 0.333. The first-order valence-corrected chi connectivity index (χ1v) is 10.1. The topological polar surface area (TPSA) is 103 Å². The predicted molar refractivity (Wildman–Crippen MR) is 116 cm³/mol. The first kappa shape index (κ1) is 24.5. The van der Waals surface area contributed by atoms with E-state index in [9.17, 15) is 22.8 Å². The monoisotopic (exact) mass is 487 g/mol. The molecular formula is C21H21ClF3N3O5. The van der Waals surface area contributed by atoms with Gasteiger partial charge in [0.2, 0.25) is 0 Å². The summed E-state index contributed by atoms with van der Waals surface area (Å²) < 4.78 is 55.0. The number of rotatable bonds is 6. The van der Waals surface area contributed by atoms with Crippen LogP contribution in [0.4, 0.5) is 30.2 Å². The zero-order chi connectivity index (χ0) is 24.2. The molecule has 0 aromatic heterocycles. The van der Waals surface area contributed by atoms with E-state index in [0.29, 0.717) is 32.0 Å². The maximum Gasteiger partial charge on any atom is 0.416 e. The van der Waals surface area contributed by atoms with Crippen molar-refractivity contribution in [1.29, 1.82) is 0 Å². The minimum absolute atomic E-state index is 0.0547. The highest BCUT2D eigenvalue weighted by Gasteiger charge is 2.32. The molecule has 0 unspecified atom stereocenters. The van der Waals surface area contributed by atoms with Crippen LogP contribution in [-0.2, 0) is 20.4 Å². The Balaban J connectivity index is 1.75. The van der Waals surface area contributed by atoms with E-state index in [4.69, 9.17) is 31.5 Å². The van der Waals surface area contributed by atoms with Crippen molar-refractivity contribution in [2.24, 2.45) is 0 Å². The lowest BCUT2D eigenvalue weighted by molar-refractivity contribution is -0.137. The number of carbonyl (C=O) groups excluding carboxylic acids is 2. The molecule has 3 N–H and O–H groups in total. The Hall–Kier alpha value is -3.18. The van der Waals surface area contributed by atoms with Crippen molar-refractivity contribution in [1.82, 2.24) is 0 Å². The van der Waals surface area contributed by atoms with E-state index in [2.05, 4.69) is 5.32 Å². The molecule has 33 heavy (non-hydrogen) atoms. The molecule has 1 aliphatic heterocycles. The number of nitrogens with zero attached hydrogens (tertiary/aromatic N) is 1. The summed E-state index contributed by atoms with van der Waals surface area (Å²) in [7, 11) is 1.31. The number of benzene rings is 2. The number of ether oxygens (including phenoxy) is 3. The molecule has 178 valence electrons. The molecule has 0 atom stereocenters. The highest BCUT2D eigenvalue weighted by molar-refractivity contribution is 6.33. The number of morpholine rings is 1. The third-order valence-corrected chi connectivity index (χ3v) is 5.15. The fourth-order valence-electron chi connectivity index (χ4n) is 3.19. The van der Waals surface area contributed by atoms with Crippen LogP contribution in [0.25, 0.3) is 0 Å². The molecule has 0 spiro atoms. The molecule has 2 aromatic rings. The van der Waals surface area contributed by atoms with Crippen molar-refractivity contribution in [3.05, 3.63) is 46.5 Å². The van der Waals surface area contributed by atoms with Crippen LogP contribution in [0.15, 0.2) is 30.3 Å². The molecule has 1 amide bonds. The van der Waals surface area contributed by atoms with Crippen LogP contribution >= 0.6 is 11.6 Å². The lowest BCUT2D eigenvalue weighted by Gasteiger charge is -2.31. The minimum atomic E-state index is -4.60. The van der Waals surface area contributed by atoms with E-state index in [1.807, 2.05) is 0 Å². The number of esters is 1. The summed E-state index contributed by atoms with van der Waals surface area (Å²) in [4.78, 5) is 26.6. The van der Waals surface area contributed by atoms with E-state index in [1.54, 1.807) is 4.90 Å². The lowest BCUT2D eigenvalue weighted by Crippen LogP contribution is -2.37. The van der Waals surface area contributed by atoms with Gasteiger partial charge in [0.25, 0.3) is 5.91 Å². The Morgan fingerprint density at radius 1 is 1.21 bits per heavy atom. The Labute approximate surface area is 192 Å². The predicted octanol–water partition coefficient (Wildman–Crippen LogP) is 3.58. The van der Waals surface area contributed by atoms with Gasteiger partial charge in [-0.15, -0.1) is 0 Å². The molecule has 1 aliphatic rings. The number of hydrogen-bond acceptors (Lipinski definition) is 7. The van der Waals surface area contributed by atoms with Crippen LogP contribution in [0.3, 0.4) is 0 Å². The number of halogens is 4. The Kier molecular flexibility index (Phi) is 7.54. The van der Waals surface area contributed by atoms with Crippen LogP contribution in [0.5, 0.6) is 5.75 Å². The van der Waals surface area contributed by atoms with Gasteiger partial charge in [0, 0.05) is 19.2 Å². The molecular weight excluding hydrogens is 467 g/mol. The van der Waals surface area contributed by atoms with Gasteiger partial charge in [-0.3, -0.25) is 4.79 Å². The van der Waals surface area contributed by atoms with Crippen molar-refractivity contribution in [3.8, 4) is 5.75 Å². The number of nitrogens with two attached hydrogens (primary N) is 1. The Morgan fingerprint density at radius 2 is 1.91 bits per heavy atom. The summed E-state index contributed by atoms with van der Waals surface area (Å²) in [6.07, 6.45) is -4.60. The van der Waals surface area contributed by atoms with Crippen LogP contribution < -0.4 is 20.7 Å². The van der Waals surface area contributed by atoms with E-state index >= 15 is 0 Å². The van der Waals surface area contributed by atoms with Gasteiger partial charge in [-0.25, -0.2) is 4.79 Å². The van der Waals surface area contributed by atoms with E-state index in [0.717, 1.165) is 12.1 Å². The minimum Gasteiger partial charge on any atom is -0.496 e. The first-order valence-electron chi connectivity index (χ1n) is 9.74. The fourth-order valence-corrected chi connectivity index (χ4v) is 3.35. The van der Waals surface area contributed by atoms with Gasteiger partial charge in [0.15, 0.2) is 6.61 Å². The van der Waals surface area contributed by atoms with Gasteiger partial charge in [-0.2, -0.15) is 13.2 Å². The van der Waals surface area contributed by atoms with Crippen LogP contribution in [0.2, 0.25) is 5.02 Å². The van der Waals surface area contributed by atoms with Crippen LogP contribution in [0, 0.1) is 0 Å². The number of methoxy groups -OCH3 is 1. The average Bonchev–Trinajstić information content (AvgIpc) is 2.79. The normalized spacial score (nSPS) is 14.0. The second-order valence-corrected chi connectivity index (χ2v) is 7.43. The third-order valence-electron chi connectivity index (χ3n) is 4.82. The van der Waals surface area contributed by atoms with Gasteiger partial charge in [0.1, 0.15) is 11.3 Å². The van der Waals surface area contributed by atoms with Crippen molar-refractivity contribution in [3.63, 3.8) is 0 Å². The molecule has 1 saturated heterocycles. The van der Waals surface area contributed by atoms with Crippen molar-refractivity contribution < 1.29 is 37.0 Å². The largest absolute Gasteiger partial charge is 0.496 e. The highest BCUT2D eigenvalue weighted by Crippen LogP contribution is 2.36. The maximum absolute atomic E-state index is 13.2. The number of nitrogen functional groups attached to an aromatic ring is 1. The highest BCUT2D eigenvalue weighted by atomic mass is 35.5. The molecule has 0 saturated carbocycles. The molecule has 0 radical (unpaired) electrons. The van der Waals surface area contributed by atoms with E-state index in [-0.39, 0.29) is 27.7 Å². The number of hydrogen-bond donors (Lipinski definition) is 2. The first-order chi connectivity index (χ1) is 15.6. The standard InChI is InChI=1S/C21H21ClF3N3O5/c1-31-18-10-15(26)14(22)9-13(18)20(30)33-11-19(29)27-16-8-12(21(23,24)25)2-3-17(16)28-4-6-32-7-5-28/h2-3,8-10H,4-7,11,26H2,1H3,(H,27,29). The van der Waals surface area contributed by atoms with Gasteiger partial charge in [-0.1, -0.05) is 11.6 Å². The van der Waals surface area contributed by atoms with Crippen molar-refractivity contribution >= 4 is 40.5 Å². The number of anilines is 3. The average molecular weight is 488 g/mol. The molecule has 1 heterocycles. The zero-order valence-electron chi connectivity index (χ0n) is 17.5. The second-order valence-electron chi connectivity index (χ2n) is 7.03. The van der Waals surface area contributed by atoms with Crippen molar-refractivity contribution in [2.75, 3.05) is 56.0 Å². The molecule has 0 aliphatic carbocycles. The molecule has 2 aromatic carbocycles. The molecule has 3 rings (SSSR count). The summed E-state index contributed by atoms with van der Waals surface area (Å²) in [5.41, 5.74) is 5.22. The summed E-state index contributed by atoms with van der Waals surface area (Å²) in [5.74, 6) is -1.64. The Morgan fingerprint density at radius 3 is 2.55 bits per heavy atom. The van der Waals surface area contributed by atoms with Crippen LogP contribution in [0.1, 0.15) is 15.9 Å². The smallest absolute Gasteiger partial charge is 0.416 e. The van der Waals surface area contributed by atoms with E-state index < -0.39 is 30.2 Å². The SMILES string of the molecule is COc1cc(N)c(Cl)cc1C(=O)OCC(=O)Nc1cc(C(F)(F)F)ccc1N1CCOCC1. The van der Waals surface area contributed by atoms with Crippen LogP contribution in [-0.4, -0.2) is 51.9 Å². The number of carbonyl (C=O) groups is 2. The summed E-state index contributed by atoms with van der Waals surface area (Å²) >= 11 is 5.93. The molecule has 12 heteroatoms. The number of alkyl halides is 3. The molecule has 8 nitrogen and oxygen atoms in total. The molecule has 0 bridgehead atoms. The number of nitrogens with one attached hydrogen (secondary N) is 1. The Bertz CT molecular complexity index is 1040. The van der Waals surface area contributed by atoms with Gasteiger partial charge in [-0.05, 0) is 24.3 Å². The maximum atomic E-state index is 13.2. The zero-order valence-corrected chi connectivity index (χ0v) is 18.3.